The van der Waals surface area contributed by atoms with E-state index in [0.717, 1.165) is 0 Å². The van der Waals surface area contributed by atoms with Gasteiger partial charge < -0.3 is 9.47 Å². The van der Waals surface area contributed by atoms with Crippen LogP contribution in [0.5, 0.6) is 5.75 Å². The van der Waals surface area contributed by atoms with Crippen LogP contribution in [0, 0.1) is 21.4 Å². The van der Waals surface area contributed by atoms with Crippen LogP contribution in [-0.2, 0) is 9.53 Å². The van der Waals surface area contributed by atoms with E-state index in [0.29, 0.717) is 11.1 Å². The third kappa shape index (κ3) is 5.56. The van der Waals surface area contributed by atoms with E-state index in [-0.39, 0.29) is 28.6 Å². The zero-order valence-electron chi connectivity index (χ0n) is 17.1. The van der Waals surface area contributed by atoms with E-state index in [9.17, 15) is 25.0 Å². The van der Waals surface area contributed by atoms with Gasteiger partial charge in [-0.15, -0.1) is 0 Å². The van der Waals surface area contributed by atoms with Crippen molar-refractivity contribution >= 4 is 23.8 Å². The van der Waals surface area contributed by atoms with E-state index in [1.807, 2.05) is 6.07 Å². The fraction of sp³-hybridized carbons (Fsp3) is 0.0952. The minimum Gasteiger partial charge on any atom is -0.475 e. The molecule has 2 aromatic carbocycles. The summed E-state index contributed by atoms with van der Waals surface area (Å²) in [5, 5.41) is 24.6. The van der Waals surface area contributed by atoms with Crippen LogP contribution in [0.15, 0.2) is 58.4 Å². The zero-order valence-corrected chi connectivity index (χ0v) is 17.1. The number of nitriles is 1. The zero-order chi connectivity index (χ0) is 23.8. The van der Waals surface area contributed by atoms with Gasteiger partial charge in [-0.25, -0.2) is 15.2 Å². The van der Waals surface area contributed by atoms with Crippen LogP contribution in [0.2, 0.25) is 0 Å². The Morgan fingerprint density at radius 1 is 1.33 bits per heavy atom. The summed E-state index contributed by atoms with van der Waals surface area (Å²) in [5.41, 5.74) is 2.46. The molecule has 1 heterocycles. The molecule has 1 aromatic heterocycles. The van der Waals surface area contributed by atoms with Crippen molar-refractivity contribution in [2.75, 3.05) is 19.1 Å². The first-order valence-corrected chi connectivity index (χ1v) is 9.30. The van der Waals surface area contributed by atoms with Gasteiger partial charge in [0, 0.05) is 17.2 Å². The van der Waals surface area contributed by atoms with E-state index in [4.69, 9.17) is 4.74 Å². The number of nitro benzene ring substituents is 1. The molecule has 0 spiro atoms. The number of nitrogens with zero attached hydrogens (tertiary/aromatic N) is 4. The third-order valence-electron chi connectivity index (χ3n) is 4.22. The number of esters is 1. The second-order valence-corrected chi connectivity index (χ2v) is 6.34. The summed E-state index contributed by atoms with van der Waals surface area (Å²) < 4.78 is 9.56. The van der Waals surface area contributed by atoms with E-state index >= 15 is 0 Å². The predicted molar refractivity (Wildman–Crippen MR) is 117 cm³/mol. The minimum absolute atomic E-state index is 0.0263. The van der Waals surface area contributed by atoms with Crippen LogP contribution in [-0.4, -0.2) is 40.8 Å². The molecule has 0 amide bonds. The molecule has 33 heavy (non-hydrogen) atoms. The van der Waals surface area contributed by atoms with Crippen molar-refractivity contribution in [2.24, 2.45) is 5.10 Å². The average Bonchev–Trinajstić information content (AvgIpc) is 2.83. The van der Waals surface area contributed by atoms with E-state index in [1.165, 1.54) is 31.5 Å². The van der Waals surface area contributed by atoms with Gasteiger partial charge >= 0.3 is 11.7 Å². The fourth-order valence-corrected chi connectivity index (χ4v) is 2.68. The van der Waals surface area contributed by atoms with Gasteiger partial charge in [0.1, 0.15) is 11.6 Å². The summed E-state index contributed by atoms with van der Waals surface area (Å²) in [6.07, 6.45) is 1.26. The number of anilines is 1. The Kier molecular flexibility index (Phi) is 7.07. The number of aromatic amines is 1. The number of rotatable bonds is 8. The molecule has 3 aromatic rings. The normalized spacial score (nSPS) is 10.4. The maximum absolute atomic E-state index is 12.3. The number of ether oxygens (including phenoxy) is 2. The number of H-pyrrole nitrogens is 1. The molecule has 12 heteroatoms. The number of carbonyl (C=O) groups is 1. The molecule has 0 atom stereocenters. The topological polar surface area (TPSA) is 173 Å². The smallest absolute Gasteiger partial charge is 0.343 e. The summed E-state index contributed by atoms with van der Waals surface area (Å²) in [7, 11) is 1.17. The number of aromatic nitrogens is 2. The molecule has 0 aliphatic heterocycles. The molecule has 166 valence electrons. The van der Waals surface area contributed by atoms with Gasteiger partial charge in [-0.1, -0.05) is 30.3 Å². The van der Waals surface area contributed by atoms with Crippen LogP contribution in [0.4, 0.5) is 11.6 Å². The highest BCUT2D eigenvalue weighted by atomic mass is 16.6. The summed E-state index contributed by atoms with van der Waals surface area (Å²) in [4.78, 5) is 40.8. The molecule has 0 aliphatic carbocycles. The number of methoxy groups -OCH3 is 1. The Morgan fingerprint density at radius 3 is 2.76 bits per heavy atom. The van der Waals surface area contributed by atoms with Gasteiger partial charge in [0.25, 0.3) is 5.56 Å². The second kappa shape index (κ2) is 10.3. The van der Waals surface area contributed by atoms with Crippen LogP contribution < -0.4 is 15.7 Å². The molecular weight excluding hydrogens is 432 g/mol. The highest BCUT2D eigenvalue weighted by Gasteiger charge is 2.17. The number of carbonyl (C=O) groups excluding carboxylic acids is 1. The molecule has 0 saturated carbocycles. The SMILES string of the molecule is COC(=O)COc1ccc(C=NNc2nc(-c3ccccc3)c(C#N)c(=O)[nH]2)cc1[N+](=O)[O-]. The Hall–Kier alpha value is -5.05. The Bertz CT molecular complexity index is 1310. The predicted octanol–water partition coefficient (Wildman–Crippen LogP) is 2.21. The van der Waals surface area contributed by atoms with Crippen molar-refractivity contribution in [3.8, 4) is 23.1 Å². The minimum atomic E-state index is -0.682. The van der Waals surface area contributed by atoms with Gasteiger partial charge in [0.15, 0.2) is 12.4 Å². The number of hydrogen-bond donors (Lipinski definition) is 2. The van der Waals surface area contributed by atoms with Gasteiger partial charge in [-0.3, -0.25) is 19.9 Å². The lowest BCUT2D eigenvalue weighted by Gasteiger charge is -2.07. The third-order valence-corrected chi connectivity index (χ3v) is 4.22. The van der Waals surface area contributed by atoms with Crippen molar-refractivity contribution in [1.29, 1.82) is 5.26 Å². The van der Waals surface area contributed by atoms with Crippen LogP contribution >= 0.6 is 0 Å². The largest absolute Gasteiger partial charge is 0.475 e. The lowest BCUT2D eigenvalue weighted by molar-refractivity contribution is -0.385. The molecule has 0 unspecified atom stereocenters. The molecule has 0 saturated heterocycles. The van der Waals surface area contributed by atoms with Gasteiger partial charge in [-0.05, 0) is 12.1 Å². The number of hydrogen-bond acceptors (Lipinski definition) is 10. The second-order valence-electron chi connectivity index (χ2n) is 6.34. The maximum Gasteiger partial charge on any atom is 0.343 e. The van der Waals surface area contributed by atoms with Crippen molar-refractivity contribution in [2.45, 2.75) is 0 Å². The molecular formula is C21H16N6O6. The van der Waals surface area contributed by atoms with Crippen LogP contribution in [0.3, 0.4) is 0 Å². The number of nitro groups is 1. The van der Waals surface area contributed by atoms with Crippen molar-refractivity contribution in [3.63, 3.8) is 0 Å². The van der Waals surface area contributed by atoms with Crippen LogP contribution in [0.1, 0.15) is 11.1 Å². The summed E-state index contributed by atoms with van der Waals surface area (Å²) in [5.74, 6) is -0.819. The molecule has 0 bridgehead atoms. The van der Waals surface area contributed by atoms with Gasteiger partial charge in [-0.2, -0.15) is 10.4 Å². The van der Waals surface area contributed by atoms with Gasteiger partial charge in [0.05, 0.1) is 23.9 Å². The molecule has 3 rings (SSSR count). The molecule has 0 fully saturated rings. The monoisotopic (exact) mass is 448 g/mol. The van der Waals surface area contributed by atoms with Gasteiger partial charge in [0.2, 0.25) is 5.95 Å². The first-order valence-electron chi connectivity index (χ1n) is 9.30. The Labute approximate surface area is 186 Å². The highest BCUT2D eigenvalue weighted by Crippen LogP contribution is 2.27. The first kappa shape index (κ1) is 22.6. The molecule has 2 N–H and O–H groups in total. The summed E-state index contributed by atoms with van der Waals surface area (Å²) in [6.45, 7) is -0.478. The maximum atomic E-state index is 12.3. The van der Waals surface area contributed by atoms with Crippen LogP contribution in [0.25, 0.3) is 11.3 Å². The molecule has 0 radical (unpaired) electrons. The molecule has 0 aliphatic rings. The Balaban J connectivity index is 1.82. The van der Waals surface area contributed by atoms with E-state index in [1.54, 1.807) is 30.3 Å². The van der Waals surface area contributed by atoms with Crippen molar-refractivity contribution in [1.82, 2.24) is 9.97 Å². The summed E-state index contributed by atoms with van der Waals surface area (Å²) >= 11 is 0. The number of nitrogens with one attached hydrogen (secondary N) is 2. The standard InChI is InChI=1S/C21H16N6O6/c1-32-18(28)12-33-17-8-7-13(9-16(17)27(30)31)11-23-26-21-24-19(14-5-3-2-4-6-14)15(10-22)20(29)25-21/h2-9,11H,12H2,1H3,(H2,24,25,26,29). The Morgan fingerprint density at radius 2 is 2.09 bits per heavy atom. The van der Waals surface area contributed by atoms with E-state index in [2.05, 4.69) is 25.2 Å². The van der Waals surface area contributed by atoms with E-state index < -0.39 is 23.1 Å². The average molecular weight is 448 g/mol. The highest BCUT2D eigenvalue weighted by molar-refractivity contribution is 5.82. The first-order chi connectivity index (χ1) is 15.9. The van der Waals surface area contributed by atoms with Crippen molar-refractivity contribution < 1.29 is 19.2 Å². The molecule has 12 nitrogen and oxygen atoms in total. The fourth-order valence-electron chi connectivity index (χ4n) is 2.68. The number of hydrazone groups is 1. The number of benzene rings is 2. The van der Waals surface area contributed by atoms with Crippen molar-refractivity contribution in [3.05, 3.63) is 80.1 Å². The summed E-state index contributed by atoms with van der Waals surface area (Å²) in [6, 6.07) is 14.5. The lowest BCUT2D eigenvalue weighted by Crippen LogP contribution is -2.16. The lowest BCUT2D eigenvalue weighted by atomic mass is 10.1. The quantitative estimate of drug-likeness (QED) is 0.227.